The molecule has 3 rings (SSSR count). The van der Waals surface area contributed by atoms with Crippen LogP contribution in [0.2, 0.25) is 0 Å². The zero-order valence-electron chi connectivity index (χ0n) is 12.7. The predicted molar refractivity (Wildman–Crippen MR) is 89.8 cm³/mol. The Morgan fingerprint density at radius 2 is 1.68 bits per heavy atom. The summed E-state index contributed by atoms with van der Waals surface area (Å²) in [6.07, 6.45) is 5.27. The maximum atomic E-state index is 12.7. The summed E-state index contributed by atoms with van der Waals surface area (Å²) < 4.78 is 0. The molecule has 0 saturated heterocycles. The molecule has 0 aromatic heterocycles. The molecule has 2 nitrogen and oxygen atoms in total. The van der Waals surface area contributed by atoms with Gasteiger partial charge in [0.2, 0.25) is 0 Å². The summed E-state index contributed by atoms with van der Waals surface area (Å²) in [5, 5.41) is 3.55. The van der Waals surface area contributed by atoms with Crippen molar-refractivity contribution in [3.63, 3.8) is 0 Å². The molecule has 1 atom stereocenters. The minimum Gasteiger partial charge on any atom is -0.306 e. The molecule has 1 aliphatic carbocycles. The van der Waals surface area contributed by atoms with Crippen LogP contribution in [0.3, 0.4) is 0 Å². The topological polar surface area (TPSA) is 29.1 Å². The van der Waals surface area contributed by atoms with Crippen molar-refractivity contribution in [2.45, 2.75) is 31.8 Å². The van der Waals surface area contributed by atoms with Gasteiger partial charge in [0.15, 0.2) is 5.78 Å². The van der Waals surface area contributed by atoms with E-state index in [0.29, 0.717) is 0 Å². The molecule has 22 heavy (non-hydrogen) atoms. The highest BCUT2D eigenvalue weighted by Crippen LogP contribution is 2.22. The standard InChI is InChI=1S/C20H21NO/c22-20(17-11-5-2-6-12-17)18-13-7-8-14-19(18)21-15-16-9-3-1-4-10-16/h1-6,9-13,19,21H,7-8,14-15H2/t19-/m0/s1. The molecule has 0 bridgehead atoms. The van der Waals surface area contributed by atoms with Crippen molar-refractivity contribution in [2.24, 2.45) is 0 Å². The van der Waals surface area contributed by atoms with E-state index >= 15 is 0 Å². The van der Waals surface area contributed by atoms with Gasteiger partial charge in [-0.15, -0.1) is 0 Å². The highest BCUT2D eigenvalue weighted by atomic mass is 16.1. The molecular weight excluding hydrogens is 270 g/mol. The summed E-state index contributed by atoms with van der Waals surface area (Å²) in [5.74, 6) is 0.158. The van der Waals surface area contributed by atoms with Crippen molar-refractivity contribution in [3.05, 3.63) is 83.4 Å². The monoisotopic (exact) mass is 291 g/mol. The summed E-state index contributed by atoms with van der Waals surface area (Å²) in [7, 11) is 0. The SMILES string of the molecule is O=C(C1=CCCC[C@@H]1NCc1ccccc1)c1ccccc1. The number of allylic oxidation sites excluding steroid dienone is 1. The Kier molecular flexibility index (Phi) is 4.81. The minimum absolute atomic E-state index is 0.154. The lowest BCUT2D eigenvalue weighted by molar-refractivity contribution is 0.102. The molecule has 2 aromatic carbocycles. The van der Waals surface area contributed by atoms with Crippen LogP contribution in [0.5, 0.6) is 0 Å². The second-order valence-corrected chi connectivity index (χ2v) is 5.70. The van der Waals surface area contributed by atoms with E-state index in [-0.39, 0.29) is 11.8 Å². The van der Waals surface area contributed by atoms with E-state index in [0.717, 1.165) is 36.9 Å². The molecule has 0 amide bonds. The average Bonchev–Trinajstić information content (AvgIpc) is 2.61. The summed E-state index contributed by atoms with van der Waals surface area (Å²) >= 11 is 0. The molecule has 0 fully saturated rings. The van der Waals surface area contributed by atoms with E-state index in [1.54, 1.807) is 0 Å². The maximum absolute atomic E-state index is 12.7. The van der Waals surface area contributed by atoms with Gasteiger partial charge in [0, 0.05) is 23.7 Å². The third-order valence-corrected chi connectivity index (χ3v) is 4.13. The number of rotatable bonds is 5. The fraction of sp³-hybridized carbons (Fsp3) is 0.250. The molecular formula is C20H21NO. The van der Waals surface area contributed by atoms with Gasteiger partial charge in [-0.2, -0.15) is 0 Å². The average molecular weight is 291 g/mol. The minimum atomic E-state index is 0.154. The van der Waals surface area contributed by atoms with Gasteiger partial charge in [-0.3, -0.25) is 4.79 Å². The van der Waals surface area contributed by atoms with Crippen molar-refractivity contribution in [2.75, 3.05) is 0 Å². The lowest BCUT2D eigenvalue weighted by Crippen LogP contribution is -2.35. The number of carbonyl (C=O) groups is 1. The maximum Gasteiger partial charge on any atom is 0.190 e. The van der Waals surface area contributed by atoms with E-state index in [2.05, 4.69) is 23.5 Å². The van der Waals surface area contributed by atoms with Crippen LogP contribution in [0.4, 0.5) is 0 Å². The molecule has 1 aliphatic rings. The molecule has 0 radical (unpaired) electrons. The molecule has 0 saturated carbocycles. The van der Waals surface area contributed by atoms with Gasteiger partial charge in [0.25, 0.3) is 0 Å². The first-order chi connectivity index (χ1) is 10.8. The number of Topliss-reactive ketones (excluding diaryl/α,β-unsaturated/α-hetero) is 1. The van der Waals surface area contributed by atoms with Gasteiger partial charge in [-0.05, 0) is 24.8 Å². The number of hydrogen-bond donors (Lipinski definition) is 1. The third-order valence-electron chi connectivity index (χ3n) is 4.13. The quantitative estimate of drug-likeness (QED) is 0.839. The molecule has 2 aromatic rings. The Morgan fingerprint density at radius 1 is 1.00 bits per heavy atom. The fourth-order valence-corrected chi connectivity index (χ4v) is 2.93. The normalized spacial score (nSPS) is 17.8. The van der Waals surface area contributed by atoms with Gasteiger partial charge >= 0.3 is 0 Å². The highest BCUT2D eigenvalue weighted by Gasteiger charge is 2.23. The molecule has 112 valence electrons. The van der Waals surface area contributed by atoms with E-state index in [1.807, 2.05) is 48.5 Å². The third kappa shape index (κ3) is 3.52. The lowest BCUT2D eigenvalue weighted by Gasteiger charge is -2.25. The number of nitrogens with one attached hydrogen (secondary N) is 1. The Bertz CT molecular complexity index is 646. The number of carbonyl (C=O) groups excluding carboxylic acids is 1. The Labute approximate surface area is 131 Å². The van der Waals surface area contributed by atoms with E-state index in [4.69, 9.17) is 0 Å². The van der Waals surface area contributed by atoms with E-state index in [9.17, 15) is 4.79 Å². The second-order valence-electron chi connectivity index (χ2n) is 5.70. The summed E-state index contributed by atoms with van der Waals surface area (Å²) in [4.78, 5) is 12.7. The Morgan fingerprint density at radius 3 is 2.41 bits per heavy atom. The summed E-state index contributed by atoms with van der Waals surface area (Å²) in [5.41, 5.74) is 2.95. The van der Waals surface area contributed by atoms with Crippen LogP contribution in [0.1, 0.15) is 35.2 Å². The Hall–Kier alpha value is -2.19. The number of ketones is 1. The van der Waals surface area contributed by atoms with Crippen LogP contribution in [-0.2, 0) is 6.54 Å². The summed E-state index contributed by atoms with van der Waals surface area (Å²) in [6.45, 7) is 0.797. The Balaban J connectivity index is 1.71. The van der Waals surface area contributed by atoms with Crippen molar-refractivity contribution in [1.82, 2.24) is 5.32 Å². The predicted octanol–water partition coefficient (Wildman–Crippen LogP) is 4.14. The lowest BCUT2D eigenvalue weighted by atomic mass is 9.88. The van der Waals surface area contributed by atoms with Crippen LogP contribution in [0.25, 0.3) is 0 Å². The fourth-order valence-electron chi connectivity index (χ4n) is 2.93. The van der Waals surface area contributed by atoms with Crippen molar-refractivity contribution < 1.29 is 4.79 Å². The van der Waals surface area contributed by atoms with Crippen molar-refractivity contribution in [3.8, 4) is 0 Å². The van der Waals surface area contributed by atoms with Crippen LogP contribution in [0.15, 0.2) is 72.3 Å². The zero-order chi connectivity index (χ0) is 15.2. The zero-order valence-corrected chi connectivity index (χ0v) is 12.7. The second kappa shape index (κ2) is 7.19. The summed E-state index contributed by atoms with van der Waals surface area (Å²) in [6, 6.07) is 20.1. The first-order valence-corrected chi connectivity index (χ1v) is 7.92. The van der Waals surface area contributed by atoms with E-state index < -0.39 is 0 Å². The number of benzene rings is 2. The van der Waals surface area contributed by atoms with Crippen LogP contribution >= 0.6 is 0 Å². The van der Waals surface area contributed by atoms with E-state index in [1.165, 1.54) is 5.56 Å². The van der Waals surface area contributed by atoms with Crippen molar-refractivity contribution in [1.29, 1.82) is 0 Å². The first kappa shape index (κ1) is 14.7. The van der Waals surface area contributed by atoms with Gasteiger partial charge in [-0.1, -0.05) is 66.7 Å². The smallest absolute Gasteiger partial charge is 0.190 e. The molecule has 2 heteroatoms. The van der Waals surface area contributed by atoms with Gasteiger partial charge in [0.1, 0.15) is 0 Å². The van der Waals surface area contributed by atoms with Crippen LogP contribution < -0.4 is 5.32 Å². The van der Waals surface area contributed by atoms with Gasteiger partial charge in [0.05, 0.1) is 0 Å². The van der Waals surface area contributed by atoms with Gasteiger partial charge < -0.3 is 5.32 Å². The van der Waals surface area contributed by atoms with Crippen molar-refractivity contribution >= 4 is 5.78 Å². The highest BCUT2D eigenvalue weighted by molar-refractivity contribution is 6.09. The molecule has 0 unspecified atom stereocenters. The molecule has 0 spiro atoms. The first-order valence-electron chi connectivity index (χ1n) is 7.92. The van der Waals surface area contributed by atoms with Crippen LogP contribution in [0, 0.1) is 0 Å². The largest absolute Gasteiger partial charge is 0.306 e. The molecule has 0 heterocycles. The van der Waals surface area contributed by atoms with Crippen LogP contribution in [-0.4, -0.2) is 11.8 Å². The molecule has 0 aliphatic heterocycles. The number of hydrogen-bond acceptors (Lipinski definition) is 2. The van der Waals surface area contributed by atoms with Gasteiger partial charge in [-0.25, -0.2) is 0 Å². The molecule has 1 N–H and O–H groups in total.